The number of nitrogens with one attached hydrogen (secondary N) is 1. The summed E-state index contributed by atoms with van der Waals surface area (Å²) in [6.45, 7) is 10.1. The van der Waals surface area contributed by atoms with Gasteiger partial charge in [-0.15, -0.1) is 11.3 Å². The van der Waals surface area contributed by atoms with Crippen LogP contribution in [0.25, 0.3) is 43.5 Å². The third kappa shape index (κ3) is 12.3. The monoisotopic (exact) mass is 1010 g/mol. The minimum atomic E-state index is -0.558. The van der Waals surface area contributed by atoms with Gasteiger partial charge in [0.2, 0.25) is 0 Å². The standard InChI is InChI=1S/C59H60BrNO7S/c1-4-12-41-17-22-44(23-18-41)57(62)67-32-29-46-34-48(36-61)56(68-58(63)47-25-28-52(40(3)33-47)66-31-11-7-6-10-30-64-37-59(5-2)38-65-39-59)51(55(46)60)26-19-42-15-20-43(21-16-42)45-24-27-50-49-13-8-9-14-53(49)69-54(50)35-45/h8-9,13-28,33-36,61H,4-7,10-12,29-32,37-39H2,1-3H3/b26-19+,61-36?. The number of thiophene rings is 1. The van der Waals surface area contributed by atoms with E-state index >= 15 is 0 Å². The van der Waals surface area contributed by atoms with Crippen LogP contribution in [-0.2, 0) is 27.1 Å². The molecule has 69 heavy (non-hydrogen) atoms. The zero-order valence-corrected chi connectivity index (χ0v) is 42.1. The molecule has 7 aromatic rings. The van der Waals surface area contributed by atoms with Gasteiger partial charge in [-0.3, -0.25) is 0 Å². The van der Waals surface area contributed by atoms with Crippen molar-refractivity contribution in [3.63, 3.8) is 0 Å². The van der Waals surface area contributed by atoms with Crippen molar-refractivity contribution in [3.8, 4) is 22.6 Å². The lowest BCUT2D eigenvalue weighted by atomic mass is 9.84. The second-order valence-corrected chi connectivity index (χ2v) is 19.8. The van der Waals surface area contributed by atoms with E-state index in [1.165, 1.54) is 32.0 Å². The average Bonchev–Trinajstić information content (AvgIpc) is 3.73. The first kappa shape index (κ1) is 49.5. The average molecular weight is 1010 g/mol. The molecule has 1 saturated heterocycles. The smallest absolute Gasteiger partial charge is 0.343 e. The van der Waals surface area contributed by atoms with Gasteiger partial charge in [0, 0.05) is 60.4 Å². The third-order valence-electron chi connectivity index (χ3n) is 12.9. The van der Waals surface area contributed by atoms with E-state index in [9.17, 15) is 9.59 Å². The largest absolute Gasteiger partial charge is 0.493 e. The Bertz CT molecular complexity index is 2930. The van der Waals surface area contributed by atoms with Gasteiger partial charge in [-0.2, -0.15) is 0 Å². The highest BCUT2D eigenvalue weighted by atomic mass is 79.9. The van der Waals surface area contributed by atoms with Crippen LogP contribution < -0.4 is 9.47 Å². The summed E-state index contributed by atoms with van der Waals surface area (Å²) in [6, 6.07) is 38.1. The van der Waals surface area contributed by atoms with Crippen LogP contribution in [0.2, 0.25) is 0 Å². The van der Waals surface area contributed by atoms with E-state index in [1.54, 1.807) is 41.7 Å². The van der Waals surface area contributed by atoms with Gasteiger partial charge in [0.1, 0.15) is 11.5 Å². The number of benzene rings is 6. The first-order chi connectivity index (χ1) is 33.7. The molecule has 0 spiro atoms. The van der Waals surface area contributed by atoms with Gasteiger partial charge >= 0.3 is 11.9 Å². The molecule has 0 radical (unpaired) electrons. The second-order valence-electron chi connectivity index (χ2n) is 18.0. The van der Waals surface area contributed by atoms with Crippen LogP contribution in [0.5, 0.6) is 11.5 Å². The van der Waals surface area contributed by atoms with Gasteiger partial charge in [-0.05, 0) is 143 Å². The SMILES string of the molecule is CCCc1ccc(C(=O)OCCc2cc(C=N)c(OC(=O)c3ccc(OCCCCCCOCC4(CC)COC4)c(C)c3)c(/C=C/c3ccc(-c4ccc5c(c4)sc4ccccc45)cc3)c2Br)cc1. The molecule has 0 saturated carbocycles. The normalized spacial score (nSPS) is 13.2. The molecule has 6 aromatic carbocycles. The molecule has 0 unspecified atom stereocenters. The highest BCUT2D eigenvalue weighted by molar-refractivity contribution is 9.10. The molecule has 1 N–H and O–H groups in total. The van der Waals surface area contributed by atoms with Crippen molar-refractivity contribution in [1.29, 1.82) is 5.41 Å². The fourth-order valence-corrected chi connectivity index (χ4v) is 10.4. The Morgan fingerprint density at radius 2 is 1.49 bits per heavy atom. The summed E-state index contributed by atoms with van der Waals surface area (Å²) >= 11 is 5.63. The maximum atomic E-state index is 14.0. The first-order valence-electron chi connectivity index (χ1n) is 24.1. The zero-order valence-electron chi connectivity index (χ0n) is 39.7. The van der Waals surface area contributed by atoms with Crippen molar-refractivity contribution in [2.45, 2.75) is 72.1 Å². The molecule has 8 rings (SSSR count). The number of hydrogen-bond acceptors (Lipinski definition) is 9. The molecule has 0 bridgehead atoms. The topological polar surface area (TPSA) is 104 Å². The number of halogens is 1. The van der Waals surface area contributed by atoms with Crippen LogP contribution in [0.3, 0.4) is 0 Å². The maximum Gasteiger partial charge on any atom is 0.343 e. The third-order valence-corrected chi connectivity index (χ3v) is 15.0. The molecule has 2 heterocycles. The van der Waals surface area contributed by atoms with Crippen LogP contribution in [0.15, 0.2) is 120 Å². The summed E-state index contributed by atoms with van der Waals surface area (Å²) in [5.41, 5.74) is 8.05. The van der Waals surface area contributed by atoms with Gasteiger partial charge in [0.15, 0.2) is 0 Å². The molecule has 8 nitrogen and oxygen atoms in total. The molecule has 0 atom stereocenters. The van der Waals surface area contributed by atoms with Crippen LogP contribution >= 0.6 is 27.3 Å². The summed E-state index contributed by atoms with van der Waals surface area (Å²) in [5, 5.41) is 11.0. The number of ether oxygens (including phenoxy) is 5. The van der Waals surface area contributed by atoms with Gasteiger partial charge < -0.3 is 29.1 Å². The number of rotatable bonds is 23. The molecule has 1 fully saturated rings. The van der Waals surface area contributed by atoms with E-state index in [1.807, 2.05) is 37.3 Å². The maximum absolute atomic E-state index is 14.0. The summed E-state index contributed by atoms with van der Waals surface area (Å²) in [6.07, 6.45) is 12.5. The number of carbonyl (C=O) groups excluding carboxylic acids is 2. The van der Waals surface area contributed by atoms with Crippen LogP contribution in [-0.4, -0.2) is 57.8 Å². The van der Waals surface area contributed by atoms with E-state index < -0.39 is 11.9 Å². The van der Waals surface area contributed by atoms with Crippen molar-refractivity contribution in [3.05, 3.63) is 164 Å². The quantitative estimate of drug-likeness (QED) is 0.0224. The van der Waals surface area contributed by atoms with Crippen LogP contribution in [0, 0.1) is 17.7 Å². The minimum Gasteiger partial charge on any atom is -0.493 e. The number of esters is 2. The molecule has 1 aliphatic heterocycles. The summed E-state index contributed by atoms with van der Waals surface area (Å²) in [7, 11) is 0. The molecular weight excluding hydrogens is 947 g/mol. The number of fused-ring (bicyclic) bond motifs is 3. The lowest BCUT2D eigenvalue weighted by molar-refractivity contribution is -0.150. The number of unbranched alkanes of at least 4 members (excludes halogenated alkanes) is 3. The van der Waals surface area contributed by atoms with E-state index in [4.69, 9.17) is 29.1 Å². The molecule has 1 aliphatic rings. The van der Waals surface area contributed by atoms with Gasteiger partial charge in [-0.1, -0.05) is 99.5 Å². The summed E-state index contributed by atoms with van der Waals surface area (Å²) in [5.74, 6) is 0.00444. The predicted molar refractivity (Wildman–Crippen MR) is 285 cm³/mol. The van der Waals surface area contributed by atoms with E-state index in [0.717, 1.165) is 105 Å². The lowest BCUT2D eigenvalue weighted by Crippen LogP contribution is -2.45. The highest BCUT2D eigenvalue weighted by Gasteiger charge is 2.36. The zero-order chi connectivity index (χ0) is 48.2. The second kappa shape index (κ2) is 23.6. The van der Waals surface area contributed by atoms with Gasteiger partial charge in [-0.25, -0.2) is 9.59 Å². The number of hydrogen-bond donors (Lipinski definition) is 1. The number of carbonyl (C=O) groups is 2. The Morgan fingerprint density at radius 1 is 0.754 bits per heavy atom. The summed E-state index contributed by atoms with van der Waals surface area (Å²) in [4.78, 5) is 27.0. The van der Waals surface area contributed by atoms with Crippen molar-refractivity contribution in [2.24, 2.45) is 5.41 Å². The van der Waals surface area contributed by atoms with Crippen molar-refractivity contribution >= 4 is 77.7 Å². The summed E-state index contributed by atoms with van der Waals surface area (Å²) < 4.78 is 32.6. The molecule has 1 aromatic heterocycles. The minimum absolute atomic E-state index is 0.113. The molecule has 356 valence electrons. The fraction of sp³-hybridized carbons (Fsp3) is 0.305. The Labute approximate surface area is 418 Å². The van der Waals surface area contributed by atoms with Crippen LogP contribution in [0.1, 0.15) is 106 Å². The Kier molecular flexibility index (Phi) is 16.9. The highest BCUT2D eigenvalue weighted by Crippen LogP contribution is 2.38. The Hall–Kier alpha value is -5.91. The van der Waals surface area contributed by atoms with E-state index in [0.29, 0.717) is 39.8 Å². The van der Waals surface area contributed by atoms with Crippen molar-refractivity contribution in [1.82, 2.24) is 0 Å². The molecule has 10 heteroatoms. The van der Waals surface area contributed by atoms with Gasteiger partial charge in [0.25, 0.3) is 0 Å². The predicted octanol–water partition coefficient (Wildman–Crippen LogP) is 14.9. The lowest BCUT2D eigenvalue weighted by Gasteiger charge is -2.40. The molecule has 0 amide bonds. The fourth-order valence-electron chi connectivity index (χ4n) is 8.60. The molecule has 0 aliphatic carbocycles. The van der Waals surface area contributed by atoms with E-state index in [2.05, 4.69) is 96.5 Å². The number of aryl methyl sites for hydroxylation is 2. The van der Waals surface area contributed by atoms with Crippen molar-refractivity contribution in [2.75, 3.05) is 39.6 Å². The van der Waals surface area contributed by atoms with Crippen LogP contribution in [0.4, 0.5) is 0 Å². The molecular formula is C59H60BrNO7S. The van der Waals surface area contributed by atoms with E-state index in [-0.39, 0.29) is 17.8 Å². The van der Waals surface area contributed by atoms with Gasteiger partial charge in [0.05, 0.1) is 44.2 Å². The Morgan fingerprint density at radius 3 is 2.22 bits per heavy atom. The first-order valence-corrected chi connectivity index (χ1v) is 25.7. The Balaban J connectivity index is 0.953. The van der Waals surface area contributed by atoms with Crippen molar-refractivity contribution < 1.29 is 33.3 Å².